The summed E-state index contributed by atoms with van der Waals surface area (Å²) in [6.45, 7) is 3.50. The number of carbonyl (C=O) groups is 1. The van der Waals surface area contributed by atoms with E-state index in [-0.39, 0.29) is 11.7 Å². The fourth-order valence-corrected chi connectivity index (χ4v) is 2.72. The zero-order chi connectivity index (χ0) is 18.4. The van der Waals surface area contributed by atoms with E-state index in [9.17, 15) is 4.79 Å². The van der Waals surface area contributed by atoms with Crippen LogP contribution in [0.5, 0.6) is 5.75 Å². The van der Waals surface area contributed by atoms with Crippen LogP contribution in [0.1, 0.15) is 18.1 Å². The first-order valence-corrected chi connectivity index (χ1v) is 8.45. The number of hydrogen-bond donors (Lipinski definition) is 0. The molecule has 1 amide bonds. The number of benzene rings is 1. The molecule has 0 radical (unpaired) electrons. The molecule has 0 aliphatic carbocycles. The van der Waals surface area contributed by atoms with Gasteiger partial charge in [0.05, 0.1) is 7.11 Å². The fraction of sp³-hybridized carbons (Fsp3) is 0.300. The second-order valence-electron chi connectivity index (χ2n) is 5.95. The van der Waals surface area contributed by atoms with Crippen molar-refractivity contribution in [3.05, 3.63) is 71.4 Å². The largest absolute Gasteiger partial charge is 0.497 e. The van der Waals surface area contributed by atoms with E-state index >= 15 is 0 Å². The third kappa shape index (κ3) is 4.33. The molecule has 136 valence electrons. The maximum atomic E-state index is 13.1. The molecule has 0 spiro atoms. The predicted molar refractivity (Wildman–Crippen MR) is 96.1 cm³/mol. The van der Waals surface area contributed by atoms with Crippen LogP contribution >= 0.6 is 0 Å². The molecule has 1 aromatic carbocycles. The van der Waals surface area contributed by atoms with Gasteiger partial charge in [-0.15, -0.1) is 0 Å². The van der Waals surface area contributed by atoms with Crippen LogP contribution in [0.15, 0.2) is 60.3 Å². The summed E-state index contributed by atoms with van der Waals surface area (Å²) < 4.78 is 16.2. The Labute approximate surface area is 153 Å². The molecule has 0 bridgehead atoms. The van der Waals surface area contributed by atoms with E-state index in [0.29, 0.717) is 32.1 Å². The average Bonchev–Trinajstić information content (AvgIpc) is 2.69. The number of nitrogens with zero attached hydrogens (tertiary/aromatic N) is 2. The quantitative estimate of drug-likeness (QED) is 0.798. The van der Waals surface area contributed by atoms with Crippen LogP contribution in [-0.4, -0.2) is 36.1 Å². The molecule has 2 heterocycles. The Balaban J connectivity index is 1.84. The number of carbonyl (C=O) groups excluding carboxylic acids is 1. The lowest BCUT2D eigenvalue weighted by atomic mass is 10.1. The molecule has 26 heavy (non-hydrogen) atoms. The second kappa shape index (κ2) is 8.38. The highest BCUT2D eigenvalue weighted by molar-refractivity contribution is 5.92. The van der Waals surface area contributed by atoms with E-state index in [4.69, 9.17) is 14.2 Å². The van der Waals surface area contributed by atoms with E-state index in [0.717, 1.165) is 16.9 Å². The standard InChI is InChI=1S/C20H22N2O4/c1-15-19(26-12-11-25-15)20(23)22(14-17-7-9-21-10-8-17)13-16-3-5-18(24-2)6-4-16/h3-10H,11-14H2,1-2H3. The average molecular weight is 354 g/mol. The van der Waals surface area contributed by atoms with E-state index in [1.807, 2.05) is 36.4 Å². The number of aromatic nitrogens is 1. The molecule has 6 heteroatoms. The first-order chi connectivity index (χ1) is 12.7. The third-order valence-corrected chi connectivity index (χ3v) is 4.10. The highest BCUT2D eigenvalue weighted by atomic mass is 16.6. The van der Waals surface area contributed by atoms with Crippen molar-refractivity contribution in [3.63, 3.8) is 0 Å². The second-order valence-corrected chi connectivity index (χ2v) is 5.95. The summed E-state index contributed by atoms with van der Waals surface area (Å²) in [4.78, 5) is 18.8. The van der Waals surface area contributed by atoms with Crippen LogP contribution in [0.4, 0.5) is 0 Å². The predicted octanol–water partition coefficient (Wildman–Crippen LogP) is 2.90. The van der Waals surface area contributed by atoms with Crippen molar-refractivity contribution < 1.29 is 19.0 Å². The molecule has 3 rings (SSSR count). The minimum atomic E-state index is -0.185. The number of rotatable bonds is 6. The van der Waals surface area contributed by atoms with Crippen LogP contribution in [-0.2, 0) is 27.4 Å². The molecule has 2 aromatic rings. The summed E-state index contributed by atoms with van der Waals surface area (Å²) in [5.41, 5.74) is 2.00. The topological polar surface area (TPSA) is 60.9 Å². The van der Waals surface area contributed by atoms with Crippen LogP contribution in [0.25, 0.3) is 0 Å². The summed E-state index contributed by atoms with van der Waals surface area (Å²) in [6.07, 6.45) is 3.44. The summed E-state index contributed by atoms with van der Waals surface area (Å²) in [5, 5.41) is 0. The SMILES string of the molecule is COc1ccc(CN(Cc2ccncc2)C(=O)C2=C(C)OCCO2)cc1. The zero-order valence-corrected chi connectivity index (χ0v) is 15.0. The van der Waals surface area contributed by atoms with Crippen molar-refractivity contribution in [2.45, 2.75) is 20.0 Å². The van der Waals surface area contributed by atoms with E-state index in [1.54, 1.807) is 31.3 Å². The Morgan fingerprint density at radius 1 is 1.04 bits per heavy atom. The maximum Gasteiger partial charge on any atom is 0.293 e. The molecule has 0 saturated heterocycles. The maximum absolute atomic E-state index is 13.1. The molecule has 0 atom stereocenters. The fourth-order valence-electron chi connectivity index (χ4n) is 2.72. The van der Waals surface area contributed by atoms with Gasteiger partial charge in [-0.05, 0) is 42.3 Å². The number of allylic oxidation sites excluding steroid dienone is 1. The van der Waals surface area contributed by atoms with Gasteiger partial charge in [-0.2, -0.15) is 0 Å². The zero-order valence-electron chi connectivity index (χ0n) is 15.0. The molecular formula is C20H22N2O4. The number of pyridine rings is 1. The van der Waals surface area contributed by atoms with Gasteiger partial charge < -0.3 is 19.1 Å². The lowest BCUT2D eigenvalue weighted by Crippen LogP contribution is -2.34. The van der Waals surface area contributed by atoms with Crippen molar-refractivity contribution in [2.24, 2.45) is 0 Å². The number of methoxy groups -OCH3 is 1. The Kier molecular flexibility index (Phi) is 5.73. The van der Waals surface area contributed by atoms with Gasteiger partial charge in [0.25, 0.3) is 5.91 Å². The lowest BCUT2D eigenvalue weighted by Gasteiger charge is -2.27. The molecule has 0 saturated carbocycles. The van der Waals surface area contributed by atoms with Crippen LogP contribution in [0.3, 0.4) is 0 Å². The van der Waals surface area contributed by atoms with Crippen molar-refractivity contribution >= 4 is 5.91 Å². The van der Waals surface area contributed by atoms with Gasteiger partial charge >= 0.3 is 0 Å². The molecule has 1 aromatic heterocycles. The number of amides is 1. The van der Waals surface area contributed by atoms with Crippen molar-refractivity contribution in [2.75, 3.05) is 20.3 Å². The third-order valence-electron chi connectivity index (χ3n) is 4.10. The van der Waals surface area contributed by atoms with Crippen LogP contribution < -0.4 is 4.74 Å². The number of hydrogen-bond acceptors (Lipinski definition) is 5. The molecule has 1 aliphatic rings. The molecule has 1 aliphatic heterocycles. The van der Waals surface area contributed by atoms with Crippen LogP contribution in [0, 0.1) is 0 Å². The van der Waals surface area contributed by atoms with Gasteiger partial charge in [0, 0.05) is 25.5 Å². The van der Waals surface area contributed by atoms with Gasteiger partial charge in [0.15, 0.2) is 0 Å². The van der Waals surface area contributed by atoms with Gasteiger partial charge in [-0.3, -0.25) is 9.78 Å². The monoisotopic (exact) mass is 354 g/mol. The van der Waals surface area contributed by atoms with Crippen LogP contribution in [0.2, 0.25) is 0 Å². The summed E-state index contributed by atoms with van der Waals surface area (Å²) >= 11 is 0. The molecule has 0 fully saturated rings. The highest BCUT2D eigenvalue weighted by Gasteiger charge is 2.25. The van der Waals surface area contributed by atoms with Crippen molar-refractivity contribution in [1.82, 2.24) is 9.88 Å². The Morgan fingerprint density at radius 2 is 1.65 bits per heavy atom. The van der Waals surface area contributed by atoms with Crippen molar-refractivity contribution in [1.29, 1.82) is 0 Å². The summed E-state index contributed by atoms with van der Waals surface area (Å²) in [6, 6.07) is 11.5. The minimum Gasteiger partial charge on any atom is -0.497 e. The van der Waals surface area contributed by atoms with E-state index in [1.165, 1.54) is 0 Å². The van der Waals surface area contributed by atoms with Gasteiger partial charge in [0.2, 0.25) is 5.76 Å². The van der Waals surface area contributed by atoms with Gasteiger partial charge in [-0.25, -0.2) is 0 Å². The molecular weight excluding hydrogens is 332 g/mol. The smallest absolute Gasteiger partial charge is 0.293 e. The van der Waals surface area contributed by atoms with Crippen molar-refractivity contribution in [3.8, 4) is 5.75 Å². The van der Waals surface area contributed by atoms with E-state index in [2.05, 4.69) is 4.98 Å². The summed E-state index contributed by atoms with van der Waals surface area (Å²) in [5.74, 6) is 1.40. The van der Waals surface area contributed by atoms with Gasteiger partial charge in [0.1, 0.15) is 24.7 Å². The Morgan fingerprint density at radius 3 is 2.27 bits per heavy atom. The minimum absolute atomic E-state index is 0.185. The molecule has 6 nitrogen and oxygen atoms in total. The Bertz CT molecular complexity index is 772. The normalized spacial score (nSPS) is 13.6. The van der Waals surface area contributed by atoms with Gasteiger partial charge in [-0.1, -0.05) is 12.1 Å². The first kappa shape index (κ1) is 17.8. The highest BCUT2D eigenvalue weighted by Crippen LogP contribution is 2.20. The molecule has 0 unspecified atom stereocenters. The first-order valence-electron chi connectivity index (χ1n) is 8.45. The Hall–Kier alpha value is -3.02. The van der Waals surface area contributed by atoms with E-state index < -0.39 is 0 Å². The summed E-state index contributed by atoms with van der Waals surface area (Å²) in [7, 11) is 1.63. The lowest BCUT2D eigenvalue weighted by molar-refractivity contribution is -0.134. The number of ether oxygens (including phenoxy) is 3. The molecule has 0 N–H and O–H groups in total.